The van der Waals surface area contributed by atoms with E-state index in [4.69, 9.17) is 24.5 Å². The van der Waals surface area contributed by atoms with Crippen molar-refractivity contribution in [2.75, 3.05) is 31.6 Å². The van der Waals surface area contributed by atoms with Crippen LogP contribution in [0.15, 0.2) is 48.8 Å². The summed E-state index contributed by atoms with van der Waals surface area (Å²) in [6.45, 7) is 6.37. The van der Waals surface area contributed by atoms with Crippen molar-refractivity contribution in [3.05, 3.63) is 54.4 Å². The Morgan fingerprint density at radius 3 is 2.17 bits per heavy atom. The van der Waals surface area contributed by atoms with Gasteiger partial charge in [0.05, 0.1) is 17.8 Å². The maximum Gasteiger partial charge on any atom is 0.490 e. The molecular weight excluding hydrogens is 541 g/mol. The summed E-state index contributed by atoms with van der Waals surface area (Å²) in [5.41, 5.74) is -0.0386. The summed E-state index contributed by atoms with van der Waals surface area (Å²) in [6.07, 6.45) is -2.33. The maximum atomic E-state index is 13.0. The van der Waals surface area contributed by atoms with Gasteiger partial charge in [0.25, 0.3) is 0 Å². The molecule has 0 saturated carbocycles. The number of rotatable bonds is 5. The Kier molecular flexibility index (Phi) is 10.7. The van der Waals surface area contributed by atoms with Crippen LogP contribution in [0.25, 0.3) is 0 Å². The highest BCUT2D eigenvalue weighted by molar-refractivity contribution is 5.92. The summed E-state index contributed by atoms with van der Waals surface area (Å²) in [6, 6.07) is 8.58. The molecule has 2 aromatic rings. The second-order valence-corrected chi connectivity index (χ2v) is 9.39. The zero-order valence-corrected chi connectivity index (χ0v) is 21.8. The number of carbonyl (C=O) groups is 4. The summed E-state index contributed by atoms with van der Waals surface area (Å²) in [5.74, 6) is -3.25. The van der Waals surface area contributed by atoms with Crippen LogP contribution in [0.5, 0.6) is 5.75 Å². The Morgan fingerprint density at radius 1 is 1.05 bits per heavy atom. The predicted molar refractivity (Wildman–Crippen MR) is 134 cm³/mol. The molecule has 0 radical (unpaired) electrons. The molecule has 1 fully saturated rings. The molecule has 1 saturated heterocycles. The molecule has 1 aliphatic heterocycles. The third-order valence-electron chi connectivity index (χ3n) is 5.10. The third-order valence-corrected chi connectivity index (χ3v) is 5.10. The van der Waals surface area contributed by atoms with Crippen LogP contribution in [0.4, 0.5) is 28.4 Å². The molecule has 0 bridgehead atoms. The lowest BCUT2D eigenvalue weighted by Gasteiger charge is -2.41. The van der Waals surface area contributed by atoms with Crippen molar-refractivity contribution in [2.24, 2.45) is 0 Å². The number of hydrogen-bond acceptors (Lipinski definition) is 7. The number of carboxylic acids is 2. The van der Waals surface area contributed by atoms with Crippen LogP contribution >= 0.6 is 0 Å². The number of benzene rings is 1. The SMILES string of the molecule is CC(C)(C)OC(=O)N1CCN(C(=O)Nc2ccc(C(=O)O)cc2)C(COc2cccnc2)C1.O=C(O)C(F)(F)F. The molecule has 1 aromatic heterocycles. The molecule has 0 spiro atoms. The summed E-state index contributed by atoms with van der Waals surface area (Å²) < 4.78 is 43.0. The van der Waals surface area contributed by atoms with Gasteiger partial charge >= 0.3 is 30.2 Å². The number of piperazine rings is 1. The Labute approximate surface area is 227 Å². The van der Waals surface area contributed by atoms with Gasteiger partial charge in [-0.25, -0.2) is 19.2 Å². The highest BCUT2D eigenvalue weighted by Crippen LogP contribution is 2.19. The van der Waals surface area contributed by atoms with Gasteiger partial charge < -0.3 is 34.8 Å². The van der Waals surface area contributed by atoms with Gasteiger partial charge in [-0.3, -0.25) is 4.98 Å². The van der Waals surface area contributed by atoms with Gasteiger partial charge in [0.2, 0.25) is 0 Å². The second-order valence-electron chi connectivity index (χ2n) is 9.39. The fourth-order valence-electron chi connectivity index (χ4n) is 3.27. The molecule has 1 aromatic carbocycles. The second kappa shape index (κ2) is 13.5. The van der Waals surface area contributed by atoms with Gasteiger partial charge in [0.1, 0.15) is 18.0 Å². The van der Waals surface area contributed by atoms with Gasteiger partial charge in [-0.2, -0.15) is 13.2 Å². The van der Waals surface area contributed by atoms with Crippen molar-refractivity contribution < 1.29 is 52.0 Å². The number of amides is 3. The molecule has 1 atom stereocenters. The molecule has 1 unspecified atom stereocenters. The number of carboxylic acid groups (broad SMARTS) is 2. The zero-order chi connectivity index (χ0) is 30.1. The summed E-state index contributed by atoms with van der Waals surface area (Å²) in [4.78, 5) is 52.7. The first kappa shape index (κ1) is 31.7. The topological polar surface area (TPSA) is 159 Å². The number of aliphatic carboxylic acids is 1. The molecule has 0 aliphatic carbocycles. The minimum Gasteiger partial charge on any atom is -0.490 e. The van der Waals surface area contributed by atoms with Gasteiger partial charge in [-0.05, 0) is 57.2 Å². The molecular formula is C25H29F3N4O8. The van der Waals surface area contributed by atoms with E-state index >= 15 is 0 Å². The van der Waals surface area contributed by atoms with Crippen LogP contribution in [0.2, 0.25) is 0 Å². The number of urea groups is 1. The van der Waals surface area contributed by atoms with E-state index in [1.807, 2.05) is 0 Å². The van der Waals surface area contributed by atoms with E-state index in [1.54, 1.807) is 55.1 Å². The van der Waals surface area contributed by atoms with E-state index in [1.165, 1.54) is 24.3 Å². The number of aromatic nitrogens is 1. The van der Waals surface area contributed by atoms with Gasteiger partial charge in [0, 0.05) is 31.5 Å². The average Bonchev–Trinajstić information content (AvgIpc) is 2.87. The van der Waals surface area contributed by atoms with E-state index in [9.17, 15) is 27.6 Å². The zero-order valence-electron chi connectivity index (χ0n) is 21.8. The minimum atomic E-state index is -5.08. The average molecular weight is 571 g/mol. The molecule has 15 heteroatoms. The lowest BCUT2D eigenvalue weighted by atomic mass is 10.1. The Bertz CT molecular complexity index is 1170. The molecule has 218 valence electrons. The Morgan fingerprint density at radius 2 is 1.68 bits per heavy atom. The number of nitrogens with zero attached hydrogens (tertiary/aromatic N) is 3. The lowest BCUT2D eigenvalue weighted by Crippen LogP contribution is -2.59. The van der Waals surface area contributed by atoms with Gasteiger partial charge in [0.15, 0.2) is 0 Å². The number of halogens is 3. The first-order chi connectivity index (χ1) is 18.6. The monoisotopic (exact) mass is 570 g/mol. The van der Waals surface area contributed by atoms with E-state index in [-0.39, 0.29) is 31.3 Å². The van der Waals surface area contributed by atoms with Crippen LogP contribution in [0.3, 0.4) is 0 Å². The van der Waals surface area contributed by atoms with Crippen molar-refractivity contribution in [1.29, 1.82) is 0 Å². The molecule has 12 nitrogen and oxygen atoms in total. The highest BCUT2D eigenvalue weighted by atomic mass is 19.4. The number of anilines is 1. The van der Waals surface area contributed by atoms with Crippen LogP contribution < -0.4 is 10.1 Å². The quantitative estimate of drug-likeness (QED) is 0.484. The van der Waals surface area contributed by atoms with Crippen molar-refractivity contribution in [3.8, 4) is 5.75 Å². The van der Waals surface area contributed by atoms with E-state index in [0.717, 1.165) is 0 Å². The lowest BCUT2D eigenvalue weighted by molar-refractivity contribution is -0.192. The van der Waals surface area contributed by atoms with E-state index < -0.39 is 35.9 Å². The highest BCUT2D eigenvalue weighted by Gasteiger charge is 2.38. The molecule has 40 heavy (non-hydrogen) atoms. The molecule has 3 N–H and O–H groups in total. The number of nitrogens with one attached hydrogen (secondary N) is 1. The molecule has 2 heterocycles. The van der Waals surface area contributed by atoms with E-state index in [2.05, 4.69) is 10.3 Å². The number of alkyl halides is 3. The maximum absolute atomic E-state index is 13.0. The van der Waals surface area contributed by atoms with Crippen LogP contribution in [-0.2, 0) is 9.53 Å². The Balaban J connectivity index is 0.000000708. The number of hydrogen-bond donors (Lipinski definition) is 3. The Hall–Kier alpha value is -4.56. The van der Waals surface area contributed by atoms with Crippen molar-refractivity contribution in [1.82, 2.24) is 14.8 Å². The molecule has 3 rings (SSSR count). The van der Waals surface area contributed by atoms with Crippen LogP contribution in [-0.4, -0.2) is 93.1 Å². The number of aromatic carboxylic acids is 1. The number of pyridine rings is 1. The first-order valence-electron chi connectivity index (χ1n) is 11.8. The number of carbonyl (C=O) groups excluding carboxylic acids is 2. The smallest absolute Gasteiger partial charge is 0.490 e. The minimum absolute atomic E-state index is 0.127. The summed E-state index contributed by atoms with van der Waals surface area (Å²) in [5, 5.41) is 18.9. The van der Waals surface area contributed by atoms with E-state index in [0.29, 0.717) is 18.0 Å². The largest absolute Gasteiger partial charge is 0.490 e. The van der Waals surface area contributed by atoms with Crippen molar-refractivity contribution in [2.45, 2.75) is 38.6 Å². The fraction of sp³-hybridized carbons (Fsp3) is 0.400. The first-order valence-corrected chi connectivity index (χ1v) is 11.8. The number of ether oxygens (including phenoxy) is 2. The van der Waals surface area contributed by atoms with Crippen LogP contribution in [0.1, 0.15) is 31.1 Å². The normalized spacial score (nSPS) is 15.3. The molecule has 1 aliphatic rings. The van der Waals surface area contributed by atoms with Gasteiger partial charge in [-0.15, -0.1) is 0 Å². The standard InChI is InChI=1S/C23H28N4O6.C2HF3O2/c1-23(2,3)33-22(31)26-11-12-27(18(14-26)15-32-19-5-4-10-24-13-19)21(30)25-17-8-6-16(7-9-17)20(28)29;3-2(4,5)1(6)7/h4-10,13,18H,11-12,14-15H2,1-3H3,(H,25,30)(H,28,29);(H,6,7). The third kappa shape index (κ3) is 10.3. The van der Waals surface area contributed by atoms with Crippen molar-refractivity contribution in [3.63, 3.8) is 0 Å². The fourth-order valence-corrected chi connectivity index (χ4v) is 3.27. The predicted octanol–water partition coefficient (Wildman–Crippen LogP) is 3.95. The summed E-state index contributed by atoms with van der Waals surface area (Å²) in [7, 11) is 0. The summed E-state index contributed by atoms with van der Waals surface area (Å²) >= 11 is 0. The van der Waals surface area contributed by atoms with Gasteiger partial charge in [-0.1, -0.05) is 0 Å². The van der Waals surface area contributed by atoms with Crippen LogP contribution in [0, 0.1) is 0 Å². The molecule has 3 amide bonds. The van der Waals surface area contributed by atoms with Crippen molar-refractivity contribution >= 4 is 29.8 Å².